The van der Waals surface area contributed by atoms with Crippen LogP contribution in [0.2, 0.25) is 0 Å². The van der Waals surface area contributed by atoms with E-state index in [1.807, 2.05) is 24.3 Å². The Labute approximate surface area is 355 Å². The average molecular weight is 887 g/mol. The molecule has 0 amide bonds. The fraction of sp³-hybridized carbons (Fsp3) is 0.590. The first-order valence-corrected chi connectivity index (χ1v) is 22.8. The maximum atomic E-state index is 11.1. The normalized spacial score (nSPS) is 21.6. The smallest absolute Gasteiger partial charge is 0.367 e. The molecule has 4 saturated heterocycles. The van der Waals surface area contributed by atoms with Gasteiger partial charge in [-0.2, -0.15) is 0 Å². The summed E-state index contributed by atoms with van der Waals surface area (Å²) in [5.74, 6) is 4.07. The second-order valence-corrected chi connectivity index (χ2v) is 17.3. The van der Waals surface area contributed by atoms with Gasteiger partial charge in [-0.05, 0) is 82.4 Å². The number of ether oxygens (including phenoxy) is 11. The van der Waals surface area contributed by atoms with Crippen molar-refractivity contribution in [2.24, 2.45) is 0 Å². The van der Waals surface area contributed by atoms with Crippen molar-refractivity contribution >= 4 is 68.3 Å². The van der Waals surface area contributed by atoms with Crippen molar-refractivity contribution in [2.45, 2.75) is 43.7 Å². The molecule has 2 aromatic carbocycles. The van der Waals surface area contributed by atoms with Gasteiger partial charge in [-0.15, -0.1) is 0 Å². The molecule has 6 rings (SSSR count). The molecule has 0 N–H and O–H groups in total. The van der Waals surface area contributed by atoms with Gasteiger partial charge in [-0.1, -0.05) is 38.1 Å². The Bertz CT molecular complexity index is 1470. The number of benzene rings is 2. The van der Waals surface area contributed by atoms with Gasteiger partial charge in [-0.3, -0.25) is 0 Å². The van der Waals surface area contributed by atoms with E-state index in [9.17, 15) is 19.2 Å². The molecule has 0 bridgehead atoms. The summed E-state index contributed by atoms with van der Waals surface area (Å²) in [5.41, 5.74) is 2.12. The zero-order valence-electron chi connectivity index (χ0n) is 32.5. The minimum absolute atomic E-state index is 0.143. The Morgan fingerprint density at radius 1 is 0.448 bits per heavy atom. The van der Waals surface area contributed by atoms with Crippen molar-refractivity contribution < 1.29 is 71.3 Å². The highest BCUT2D eigenvalue weighted by molar-refractivity contribution is 8.14. The zero-order chi connectivity index (χ0) is 41.0. The quantitative estimate of drug-likeness (QED) is 0.0609. The Kier molecular flexibility index (Phi) is 19.9. The lowest BCUT2D eigenvalue weighted by atomic mass is 9.78. The van der Waals surface area contributed by atoms with Gasteiger partial charge in [0.05, 0.1) is 66.1 Å². The highest BCUT2D eigenvalue weighted by atomic mass is 32.2. The van der Waals surface area contributed by atoms with Crippen LogP contribution < -0.4 is 9.47 Å². The molecule has 19 heteroatoms. The first-order valence-electron chi connectivity index (χ1n) is 18.8. The van der Waals surface area contributed by atoms with Gasteiger partial charge in [-0.25, -0.2) is 19.2 Å². The van der Waals surface area contributed by atoms with Gasteiger partial charge < -0.3 is 52.1 Å². The summed E-state index contributed by atoms with van der Waals surface area (Å²) in [4.78, 5) is 44.0. The molecule has 0 saturated carbocycles. The summed E-state index contributed by atoms with van der Waals surface area (Å²) < 4.78 is 58.7. The minimum Gasteiger partial charge on any atom is -0.490 e. The van der Waals surface area contributed by atoms with Crippen LogP contribution in [-0.2, 0) is 48.0 Å². The fourth-order valence-corrected chi connectivity index (χ4v) is 8.24. The van der Waals surface area contributed by atoms with Gasteiger partial charge in [0.2, 0.25) is 0 Å². The molecule has 15 nitrogen and oxygen atoms in total. The highest BCUT2D eigenvalue weighted by Gasteiger charge is 2.28. The molecule has 4 fully saturated rings. The van der Waals surface area contributed by atoms with E-state index in [-0.39, 0.29) is 51.0 Å². The highest BCUT2D eigenvalue weighted by Crippen LogP contribution is 2.34. The lowest BCUT2D eigenvalue weighted by Gasteiger charge is -2.26. The molecule has 4 aliphatic heterocycles. The fourth-order valence-electron chi connectivity index (χ4n) is 5.48. The van der Waals surface area contributed by atoms with Crippen LogP contribution in [0, 0.1) is 0 Å². The summed E-state index contributed by atoms with van der Waals surface area (Å²) in [7, 11) is 0. The van der Waals surface area contributed by atoms with Crippen LogP contribution in [0.3, 0.4) is 0 Å². The maximum absolute atomic E-state index is 11.1. The van der Waals surface area contributed by atoms with Crippen molar-refractivity contribution in [3.63, 3.8) is 0 Å². The van der Waals surface area contributed by atoms with Gasteiger partial charge in [0, 0.05) is 28.4 Å². The maximum Gasteiger partial charge on any atom is 0.367 e. The van der Waals surface area contributed by atoms with Gasteiger partial charge >= 0.3 is 21.2 Å². The van der Waals surface area contributed by atoms with E-state index in [1.54, 1.807) is 0 Å². The lowest BCUT2D eigenvalue weighted by molar-refractivity contribution is -0.0225. The molecule has 0 radical (unpaired) electrons. The Morgan fingerprint density at radius 3 is 1.00 bits per heavy atom. The van der Waals surface area contributed by atoms with Crippen LogP contribution in [-0.4, -0.2) is 148 Å². The predicted octanol–water partition coefficient (Wildman–Crippen LogP) is 6.85. The molecule has 58 heavy (non-hydrogen) atoms. The SMILES string of the molecule is CC(C)(c1ccc(OCC2CSC(=O)O2)cc1)c1ccc(OCC2CSC(=O)O2)cc1.O=C1OC(COCCOCCOCCOCCOCC2CSC(=O)O2)CS1. The van der Waals surface area contributed by atoms with E-state index in [2.05, 4.69) is 38.1 Å². The number of rotatable bonds is 24. The summed E-state index contributed by atoms with van der Waals surface area (Å²) in [5, 5.41) is -0.931. The molecule has 4 atom stereocenters. The van der Waals surface area contributed by atoms with Gasteiger partial charge in [0.15, 0.2) is 0 Å². The topological polar surface area (TPSA) is 170 Å². The van der Waals surface area contributed by atoms with Crippen molar-refractivity contribution in [3.8, 4) is 11.5 Å². The largest absolute Gasteiger partial charge is 0.490 e. The first kappa shape index (κ1) is 46.2. The predicted molar refractivity (Wildman–Crippen MR) is 221 cm³/mol. The number of cyclic esters (lactones) is 4. The molecule has 4 heterocycles. The number of thioether (sulfide) groups is 4. The molecular formula is C39H50O15S4. The average Bonchev–Trinajstić information content (AvgIpc) is 4.04. The minimum atomic E-state index is -0.233. The molecule has 4 aliphatic rings. The summed E-state index contributed by atoms with van der Waals surface area (Å²) in [6, 6.07) is 16.0. The Balaban J connectivity index is 0.000000223. The van der Waals surface area contributed by atoms with Crippen molar-refractivity contribution in [2.75, 3.05) is 102 Å². The summed E-state index contributed by atoms with van der Waals surface area (Å²) >= 11 is 4.72. The van der Waals surface area contributed by atoms with Crippen LogP contribution in [0.5, 0.6) is 11.5 Å². The molecule has 0 spiro atoms. The molecule has 320 valence electrons. The van der Waals surface area contributed by atoms with Crippen molar-refractivity contribution in [3.05, 3.63) is 59.7 Å². The van der Waals surface area contributed by atoms with E-state index in [1.165, 1.54) is 47.0 Å². The monoisotopic (exact) mass is 886 g/mol. The summed E-state index contributed by atoms with van der Waals surface area (Å²) in [6.07, 6.45) is -0.659. The third-order valence-corrected chi connectivity index (χ3v) is 12.2. The number of carbonyl (C=O) groups is 4. The van der Waals surface area contributed by atoms with E-state index < -0.39 is 0 Å². The third-order valence-electron chi connectivity index (χ3n) is 8.72. The standard InChI is InChI=1S/C23H24O6S2.C16H26O9S2/c1-23(2,15-3-7-17(8-4-15)26-11-19-13-30-21(24)28-19)16-5-9-18(10-6-16)27-12-20-14-31-22(25)29-20;17-15-24-13(11-26-15)9-22-7-5-20-3-1-19-2-4-21-6-8-23-10-14-12-27-16(18)25-14/h3-10,19-20H,11-14H2,1-2H3;13-14H,1-12H2. The second-order valence-electron chi connectivity index (χ2n) is 13.5. The first-order chi connectivity index (χ1) is 28.1. The van der Waals surface area contributed by atoms with E-state index in [0.717, 1.165) is 22.6 Å². The second kappa shape index (κ2) is 25.0. The summed E-state index contributed by atoms with van der Waals surface area (Å²) in [6.45, 7) is 9.69. The van der Waals surface area contributed by atoms with Gasteiger partial charge in [0.25, 0.3) is 0 Å². The zero-order valence-corrected chi connectivity index (χ0v) is 35.8. The molecule has 4 unspecified atom stereocenters. The van der Waals surface area contributed by atoms with E-state index in [0.29, 0.717) is 102 Å². The third kappa shape index (κ3) is 16.6. The number of hydrogen-bond acceptors (Lipinski definition) is 19. The molecular weight excluding hydrogens is 837 g/mol. The van der Waals surface area contributed by atoms with Crippen LogP contribution in [0.15, 0.2) is 48.5 Å². The number of hydrogen-bond donors (Lipinski definition) is 0. The molecule has 0 aromatic heterocycles. The molecule has 0 aliphatic carbocycles. The van der Waals surface area contributed by atoms with Crippen molar-refractivity contribution in [1.29, 1.82) is 0 Å². The Hall–Kier alpha value is -2.88. The van der Waals surface area contributed by atoms with Crippen LogP contribution in [0.4, 0.5) is 19.2 Å². The van der Waals surface area contributed by atoms with Gasteiger partial charge in [0.1, 0.15) is 49.1 Å². The Morgan fingerprint density at radius 2 is 0.724 bits per heavy atom. The van der Waals surface area contributed by atoms with E-state index >= 15 is 0 Å². The van der Waals surface area contributed by atoms with E-state index in [4.69, 9.17) is 52.1 Å². The van der Waals surface area contributed by atoms with Crippen LogP contribution in [0.25, 0.3) is 0 Å². The van der Waals surface area contributed by atoms with Crippen molar-refractivity contribution in [1.82, 2.24) is 0 Å². The molecule has 2 aromatic rings. The van der Waals surface area contributed by atoms with Crippen LogP contribution >= 0.6 is 47.0 Å². The lowest BCUT2D eigenvalue weighted by Crippen LogP contribution is -2.21. The van der Waals surface area contributed by atoms with Crippen LogP contribution in [0.1, 0.15) is 25.0 Å². The number of carbonyl (C=O) groups excluding carboxylic acids is 4.